The summed E-state index contributed by atoms with van der Waals surface area (Å²) in [7, 11) is 0. The molecule has 0 aliphatic carbocycles. The average Bonchev–Trinajstić information content (AvgIpc) is 2.46. The molecule has 1 rings (SSSR count). The van der Waals surface area contributed by atoms with Crippen LogP contribution >= 0.6 is 0 Å². The topological polar surface area (TPSA) is 26.0 Å². The molecule has 0 bridgehead atoms. The van der Waals surface area contributed by atoms with E-state index in [9.17, 15) is 8.78 Å². The second-order valence-corrected chi connectivity index (χ2v) is 5.93. The Morgan fingerprint density at radius 1 is 0.905 bits per heavy atom. The molecule has 120 valence electrons. The Hall–Kier alpha value is -0.960. The minimum absolute atomic E-state index is 0.129. The first-order chi connectivity index (χ1) is 10.1. The molecule has 1 unspecified atom stereocenters. The van der Waals surface area contributed by atoms with E-state index in [0.717, 1.165) is 12.8 Å². The zero-order valence-corrected chi connectivity index (χ0v) is 13.2. The van der Waals surface area contributed by atoms with E-state index >= 15 is 0 Å². The molecule has 1 atom stereocenters. The van der Waals surface area contributed by atoms with Crippen molar-refractivity contribution in [2.75, 3.05) is 0 Å². The van der Waals surface area contributed by atoms with Crippen LogP contribution < -0.4 is 5.73 Å². The number of halogens is 2. The van der Waals surface area contributed by atoms with Crippen LogP contribution in [0.2, 0.25) is 0 Å². The summed E-state index contributed by atoms with van der Waals surface area (Å²) in [6.45, 7) is 2.22. The quantitative estimate of drug-likeness (QED) is 0.546. The predicted molar refractivity (Wildman–Crippen MR) is 85.3 cm³/mol. The lowest BCUT2D eigenvalue weighted by Gasteiger charge is -2.12. The molecule has 2 N–H and O–H groups in total. The molecule has 1 aromatic rings. The van der Waals surface area contributed by atoms with Crippen molar-refractivity contribution in [3.8, 4) is 0 Å². The van der Waals surface area contributed by atoms with Crippen molar-refractivity contribution in [3.63, 3.8) is 0 Å². The highest BCUT2D eigenvalue weighted by Crippen LogP contribution is 2.16. The van der Waals surface area contributed by atoms with Gasteiger partial charge in [0.05, 0.1) is 0 Å². The first-order valence-corrected chi connectivity index (χ1v) is 8.33. The van der Waals surface area contributed by atoms with Crippen molar-refractivity contribution in [2.24, 2.45) is 5.73 Å². The van der Waals surface area contributed by atoms with E-state index in [4.69, 9.17) is 5.73 Å². The van der Waals surface area contributed by atoms with Gasteiger partial charge >= 0.3 is 0 Å². The Kier molecular flexibility index (Phi) is 9.24. The Balaban J connectivity index is 2.13. The maximum absolute atomic E-state index is 13.5. The molecule has 0 aliphatic heterocycles. The summed E-state index contributed by atoms with van der Waals surface area (Å²) in [5.74, 6) is -0.970. The third kappa shape index (κ3) is 7.56. The van der Waals surface area contributed by atoms with Gasteiger partial charge in [-0.15, -0.1) is 0 Å². The van der Waals surface area contributed by atoms with E-state index in [1.54, 1.807) is 0 Å². The van der Waals surface area contributed by atoms with Crippen LogP contribution in [0.5, 0.6) is 0 Å². The van der Waals surface area contributed by atoms with Crippen molar-refractivity contribution >= 4 is 0 Å². The Morgan fingerprint density at radius 3 is 2.00 bits per heavy atom. The Morgan fingerprint density at radius 2 is 1.43 bits per heavy atom. The van der Waals surface area contributed by atoms with Crippen molar-refractivity contribution in [2.45, 2.75) is 77.2 Å². The predicted octanol–water partition coefficient (Wildman–Crippen LogP) is 5.37. The third-order valence-corrected chi connectivity index (χ3v) is 3.96. The van der Waals surface area contributed by atoms with Crippen LogP contribution in [0.4, 0.5) is 8.78 Å². The molecule has 21 heavy (non-hydrogen) atoms. The molecule has 0 radical (unpaired) electrons. The maximum Gasteiger partial charge on any atom is 0.129 e. The van der Waals surface area contributed by atoms with Gasteiger partial charge in [-0.3, -0.25) is 0 Å². The van der Waals surface area contributed by atoms with Gasteiger partial charge in [-0.05, 0) is 25.0 Å². The fourth-order valence-electron chi connectivity index (χ4n) is 2.63. The summed E-state index contributed by atoms with van der Waals surface area (Å²) in [6.07, 6.45) is 11.1. The highest BCUT2D eigenvalue weighted by atomic mass is 19.1. The van der Waals surface area contributed by atoms with Crippen LogP contribution in [0.15, 0.2) is 18.2 Å². The maximum atomic E-state index is 13.5. The van der Waals surface area contributed by atoms with Gasteiger partial charge in [-0.1, -0.05) is 64.4 Å². The van der Waals surface area contributed by atoms with E-state index in [1.807, 2.05) is 0 Å². The summed E-state index contributed by atoms with van der Waals surface area (Å²) >= 11 is 0. The molecule has 0 heterocycles. The molecule has 0 saturated heterocycles. The number of hydrogen-bond donors (Lipinski definition) is 1. The minimum Gasteiger partial charge on any atom is -0.327 e. The number of hydrogen-bond acceptors (Lipinski definition) is 1. The van der Waals surface area contributed by atoms with Gasteiger partial charge in [0.1, 0.15) is 11.6 Å². The SMILES string of the molecule is CCCCCCCCCCC(N)Cc1c(F)cccc1F. The molecule has 0 aliphatic rings. The first-order valence-electron chi connectivity index (χ1n) is 8.33. The van der Waals surface area contributed by atoms with Gasteiger partial charge in [0, 0.05) is 11.6 Å². The van der Waals surface area contributed by atoms with Crippen molar-refractivity contribution < 1.29 is 8.78 Å². The third-order valence-electron chi connectivity index (χ3n) is 3.96. The Bertz CT molecular complexity index is 373. The van der Waals surface area contributed by atoms with E-state index in [-0.39, 0.29) is 18.0 Å². The second-order valence-electron chi connectivity index (χ2n) is 5.93. The lowest BCUT2D eigenvalue weighted by Crippen LogP contribution is -2.23. The van der Waals surface area contributed by atoms with Gasteiger partial charge < -0.3 is 5.73 Å². The smallest absolute Gasteiger partial charge is 0.129 e. The molecule has 1 nitrogen and oxygen atoms in total. The summed E-state index contributed by atoms with van der Waals surface area (Å²) in [4.78, 5) is 0. The zero-order valence-electron chi connectivity index (χ0n) is 13.2. The minimum atomic E-state index is -0.485. The van der Waals surface area contributed by atoms with E-state index in [0.29, 0.717) is 0 Å². The van der Waals surface area contributed by atoms with E-state index in [1.165, 1.54) is 63.1 Å². The van der Waals surface area contributed by atoms with Crippen LogP contribution in [-0.4, -0.2) is 6.04 Å². The monoisotopic (exact) mass is 297 g/mol. The fraction of sp³-hybridized carbons (Fsp3) is 0.667. The molecule has 0 spiro atoms. The molecule has 0 fully saturated rings. The first kappa shape index (κ1) is 18.1. The molecule has 3 heteroatoms. The highest BCUT2D eigenvalue weighted by molar-refractivity contribution is 5.20. The molecule has 0 saturated carbocycles. The molecule has 0 amide bonds. The van der Waals surface area contributed by atoms with Crippen LogP contribution in [-0.2, 0) is 6.42 Å². The zero-order chi connectivity index (χ0) is 15.5. The van der Waals surface area contributed by atoms with E-state index in [2.05, 4.69) is 6.92 Å². The molecular weight excluding hydrogens is 268 g/mol. The number of rotatable bonds is 11. The summed E-state index contributed by atoms with van der Waals surface area (Å²) in [6, 6.07) is 3.82. The van der Waals surface area contributed by atoms with Crippen LogP contribution in [0.1, 0.15) is 70.3 Å². The number of unbranched alkanes of at least 4 members (excludes halogenated alkanes) is 7. The lowest BCUT2D eigenvalue weighted by atomic mass is 9.99. The summed E-state index contributed by atoms with van der Waals surface area (Å²) in [5.41, 5.74) is 6.12. The number of benzene rings is 1. The summed E-state index contributed by atoms with van der Waals surface area (Å²) in [5, 5.41) is 0. The van der Waals surface area contributed by atoms with Crippen LogP contribution in [0.3, 0.4) is 0 Å². The average molecular weight is 297 g/mol. The van der Waals surface area contributed by atoms with Gasteiger partial charge in [0.2, 0.25) is 0 Å². The molecular formula is C18H29F2N. The molecule has 1 aromatic carbocycles. The molecule has 0 aromatic heterocycles. The van der Waals surface area contributed by atoms with Crippen molar-refractivity contribution in [1.29, 1.82) is 0 Å². The normalized spacial score (nSPS) is 12.6. The Labute approximate surface area is 127 Å². The van der Waals surface area contributed by atoms with Gasteiger partial charge in [0.25, 0.3) is 0 Å². The second kappa shape index (κ2) is 10.7. The fourth-order valence-corrected chi connectivity index (χ4v) is 2.63. The highest BCUT2D eigenvalue weighted by Gasteiger charge is 2.12. The van der Waals surface area contributed by atoms with Gasteiger partial charge in [-0.25, -0.2) is 8.78 Å². The van der Waals surface area contributed by atoms with Crippen molar-refractivity contribution in [3.05, 3.63) is 35.4 Å². The van der Waals surface area contributed by atoms with Gasteiger partial charge in [-0.2, -0.15) is 0 Å². The summed E-state index contributed by atoms with van der Waals surface area (Å²) < 4.78 is 27.0. The van der Waals surface area contributed by atoms with Crippen LogP contribution in [0, 0.1) is 11.6 Å². The van der Waals surface area contributed by atoms with E-state index < -0.39 is 11.6 Å². The standard InChI is InChI=1S/C18H29F2N/c1-2-3-4-5-6-7-8-9-11-15(21)14-16-17(19)12-10-13-18(16)20/h10,12-13,15H,2-9,11,14,21H2,1H3. The van der Waals surface area contributed by atoms with Crippen molar-refractivity contribution in [1.82, 2.24) is 0 Å². The lowest BCUT2D eigenvalue weighted by molar-refractivity contribution is 0.498. The largest absolute Gasteiger partial charge is 0.327 e. The number of nitrogens with two attached hydrogens (primary N) is 1. The van der Waals surface area contributed by atoms with Gasteiger partial charge in [0.15, 0.2) is 0 Å². The van der Waals surface area contributed by atoms with Crippen LogP contribution in [0.25, 0.3) is 0 Å².